The molecule has 0 amide bonds. The summed E-state index contributed by atoms with van der Waals surface area (Å²) in [5, 5.41) is 11.5. The molecule has 0 aliphatic heterocycles. The number of rotatable bonds is 5. The van der Waals surface area contributed by atoms with E-state index in [1.807, 2.05) is 0 Å². The molecule has 0 aliphatic rings. The molecule has 0 spiro atoms. The molecule has 0 fully saturated rings. The summed E-state index contributed by atoms with van der Waals surface area (Å²) in [6.45, 7) is -0.126. The van der Waals surface area contributed by atoms with Gasteiger partial charge in [0.25, 0.3) is 0 Å². The van der Waals surface area contributed by atoms with Crippen molar-refractivity contribution in [3.63, 3.8) is 0 Å². The number of nitrogens with zero attached hydrogens (tertiary/aromatic N) is 3. The molecule has 25 heavy (non-hydrogen) atoms. The van der Waals surface area contributed by atoms with E-state index in [-0.39, 0.29) is 23.6 Å². The van der Waals surface area contributed by atoms with Gasteiger partial charge in [0.1, 0.15) is 17.4 Å². The van der Waals surface area contributed by atoms with Crippen LogP contribution in [0.5, 0.6) is 11.5 Å². The molecule has 0 aliphatic carbocycles. The molecule has 9 heteroatoms. The van der Waals surface area contributed by atoms with Crippen LogP contribution in [0, 0.1) is 17.0 Å². The number of benzene rings is 2. The maximum atomic E-state index is 14.5. The lowest BCUT2D eigenvalue weighted by molar-refractivity contribution is 0.436. The highest BCUT2D eigenvalue weighted by Gasteiger charge is 2.17. The number of aromatic nitrogens is 1. The molecule has 4 N–H and O–H groups in total. The fourth-order valence-corrected chi connectivity index (χ4v) is 2.49. The van der Waals surface area contributed by atoms with Crippen LogP contribution in [0.15, 0.2) is 41.6 Å². The van der Waals surface area contributed by atoms with Crippen molar-refractivity contribution in [2.24, 2.45) is 10.8 Å². The van der Waals surface area contributed by atoms with Crippen LogP contribution in [0.25, 0.3) is 21.3 Å². The van der Waals surface area contributed by atoms with Crippen LogP contribution in [-0.4, -0.2) is 10.8 Å². The highest BCUT2D eigenvalue weighted by Crippen LogP contribution is 2.35. The van der Waals surface area contributed by atoms with E-state index in [0.717, 1.165) is 6.07 Å². The van der Waals surface area contributed by atoms with Crippen LogP contribution in [0.1, 0.15) is 11.1 Å². The number of nitrogens with two attached hydrogens (primary N) is 1. The molecule has 2 aromatic carbocycles. The quantitative estimate of drug-likeness (QED) is 0.210. The summed E-state index contributed by atoms with van der Waals surface area (Å²) in [6.07, 6.45) is 1.62. The monoisotopic (exact) mass is 342 g/mol. The van der Waals surface area contributed by atoms with Crippen molar-refractivity contribution in [3.05, 3.63) is 69.7 Å². The summed E-state index contributed by atoms with van der Waals surface area (Å²) in [5.74, 6) is -1.87. The maximum absolute atomic E-state index is 14.5. The van der Waals surface area contributed by atoms with E-state index in [9.17, 15) is 8.78 Å². The van der Waals surface area contributed by atoms with Gasteiger partial charge in [-0.15, -0.1) is 0 Å². The Balaban J connectivity index is 2.12. The Bertz CT molecular complexity index is 1020. The summed E-state index contributed by atoms with van der Waals surface area (Å²) < 4.78 is 33.7. The second-order valence-corrected chi connectivity index (χ2v) is 5.15. The van der Waals surface area contributed by atoms with Gasteiger partial charge in [-0.05, 0) is 29.8 Å². The third-order valence-electron chi connectivity index (χ3n) is 3.61. The van der Waals surface area contributed by atoms with Gasteiger partial charge in [0.05, 0.1) is 12.1 Å². The average Bonchev–Trinajstić information content (AvgIpc) is 3.03. The van der Waals surface area contributed by atoms with E-state index < -0.39 is 17.5 Å². The van der Waals surface area contributed by atoms with E-state index in [2.05, 4.69) is 15.0 Å². The van der Waals surface area contributed by atoms with Gasteiger partial charge in [-0.2, -0.15) is 0 Å². The fraction of sp³-hybridized carbons (Fsp3) is 0.0625. The number of ether oxygens (including phenoxy) is 1. The van der Waals surface area contributed by atoms with Gasteiger partial charge in [-0.3, -0.25) is 5.41 Å². The third-order valence-corrected chi connectivity index (χ3v) is 3.61. The molecule has 0 atom stereocenters. The third kappa shape index (κ3) is 3.08. The minimum atomic E-state index is -0.685. The number of nitrogen functional groups attached to an aromatic ring is 1. The standard InChI is InChI=1S/C16H12F2N6O/c17-12-2-1-8(5-10(12)16(19)20)25-15-11(7-23-24-21)9-3-4-22-14(9)6-13(15)18/h1-6,22H,7H2,(H3,19,20). The predicted molar refractivity (Wildman–Crippen MR) is 88.6 cm³/mol. The highest BCUT2D eigenvalue weighted by atomic mass is 19.1. The SMILES string of the molecule is [N-]=[N+]=NCc1c(Oc2ccc(F)c(C(=N)N)c2)c(F)cc2[nH]ccc12. The summed E-state index contributed by atoms with van der Waals surface area (Å²) in [7, 11) is 0. The molecule has 3 aromatic rings. The largest absolute Gasteiger partial charge is 0.454 e. The minimum Gasteiger partial charge on any atom is -0.454 e. The van der Waals surface area contributed by atoms with Gasteiger partial charge in [0.2, 0.25) is 0 Å². The molecule has 1 heterocycles. The van der Waals surface area contributed by atoms with Gasteiger partial charge in [-0.25, -0.2) is 8.78 Å². The number of aromatic amines is 1. The first-order valence-corrected chi connectivity index (χ1v) is 7.12. The molecular formula is C16H12F2N6O. The smallest absolute Gasteiger partial charge is 0.168 e. The van der Waals surface area contributed by atoms with Crippen LogP contribution in [-0.2, 0) is 6.54 Å². The van der Waals surface area contributed by atoms with Crippen molar-refractivity contribution >= 4 is 16.7 Å². The fourth-order valence-electron chi connectivity index (χ4n) is 2.49. The number of halogens is 2. The Morgan fingerprint density at radius 1 is 1.28 bits per heavy atom. The van der Waals surface area contributed by atoms with E-state index in [0.29, 0.717) is 16.5 Å². The molecule has 3 rings (SSSR count). The zero-order valence-electron chi connectivity index (χ0n) is 12.8. The zero-order valence-corrected chi connectivity index (χ0v) is 12.8. The Labute approximate surface area is 140 Å². The van der Waals surface area contributed by atoms with Gasteiger partial charge in [0, 0.05) is 33.6 Å². The van der Waals surface area contributed by atoms with Crippen LogP contribution in [0.2, 0.25) is 0 Å². The number of amidine groups is 1. The Hall–Kier alpha value is -3.58. The van der Waals surface area contributed by atoms with Crippen LogP contribution < -0.4 is 10.5 Å². The summed E-state index contributed by atoms with van der Waals surface area (Å²) in [4.78, 5) is 5.57. The van der Waals surface area contributed by atoms with Gasteiger partial charge < -0.3 is 15.5 Å². The molecule has 0 saturated carbocycles. The molecular weight excluding hydrogens is 330 g/mol. The van der Waals surface area contributed by atoms with E-state index in [1.54, 1.807) is 12.3 Å². The first-order chi connectivity index (χ1) is 12.0. The number of H-pyrrole nitrogens is 1. The Kier molecular flexibility index (Phi) is 4.23. The topological polar surface area (TPSA) is 124 Å². The van der Waals surface area contributed by atoms with Crippen molar-refractivity contribution in [1.29, 1.82) is 5.41 Å². The highest BCUT2D eigenvalue weighted by molar-refractivity contribution is 5.95. The zero-order chi connectivity index (χ0) is 18.0. The van der Waals surface area contributed by atoms with Crippen molar-refractivity contribution in [2.75, 3.05) is 0 Å². The molecule has 126 valence electrons. The molecule has 1 aromatic heterocycles. The Morgan fingerprint density at radius 2 is 2.08 bits per heavy atom. The summed E-state index contributed by atoms with van der Waals surface area (Å²) in [5.41, 5.74) is 14.6. The summed E-state index contributed by atoms with van der Waals surface area (Å²) in [6, 6.07) is 6.52. The van der Waals surface area contributed by atoms with Gasteiger partial charge >= 0.3 is 0 Å². The second-order valence-electron chi connectivity index (χ2n) is 5.15. The lowest BCUT2D eigenvalue weighted by atomic mass is 10.1. The molecule has 0 saturated heterocycles. The first-order valence-electron chi connectivity index (χ1n) is 7.12. The van der Waals surface area contributed by atoms with Gasteiger partial charge in [0.15, 0.2) is 11.6 Å². The normalized spacial score (nSPS) is 10.5. The minimum absolute atomic E-state index is 0.0996. The van der Waals surface area contributed by atoms with E-state index in [4.69, 9.17) is 21.4 Å². The van der Waals surface area contributed by atoms with Crippen LogP contribution in [0.3, 0.4) is 0 Å². The van der Waals surface area contributed by atoms with E-state index >= 15 is 0 Å². The number of nitrogens with one attached hydrogen (secondary N) is 2. The predicted octanol–water partition coefficient (Wildman–Crippen LogP) is 4.33. The molecule has 0 unspecified atom stereocenters. The van der Waals surface area contributed by atoms with Crippen LogP contribution in [0.4, 0.5) is 8.78 Å². The van der Waals surface area contributed by atoms with Crippen molar-refractivity contribution in [2.45, 2.75) is 6.54 Å². The number of hydrogen-bond donors (Lipinski definition) is 3. The molecule has 0 radical (unpaired) electrons. The summed E-state index contributed by atoms with van der Waals surface area (Å²) >= 11 is 0. The van der Waals surface area contributed by atoms with Gasteiger partial charge in [-0.1, -0.05) is 5.11 Å². The number of fused-ring (bicyclic) bond motifs is 1. The average molecular weight is 342 g/mol. The van der Waals surface area contributed by atoms with Crippen molar-refractivity contribution < 1.29 is 13.5 Å². The molecule has 0 bridgehead atoms. The second kappa shape index (κ2) is 6.50. The van der Waals surface area contributed by atoms with Crippen molar-refractivity contribution in [1.82, 2.24) is 4.98 Å². The lowest BCUT2D eigenvalue weighted by Crippen LogP contribution is -2.13. The van der Waals surface area contributed by atoms with E-state index in [1.165, 1.54) is 18.2 Å². The number of hydrogen-bond acceptors (Lipinski definition) is 3. The molecule has 7 nitrogen and oxygen atoms in total. The van der Waals surface area contributed by atoms with Crippen LogP contribution >= 0.6 is 0 Å². The number of azide groups is 1. The van der Waals surface area contributed by atoms with Crippen molar-refractivity contribution in [3.8, 4) is 11.5 Å². The first kappa shape index (κ1) is 16.3. The maximum Gasteiger partial charge on any atom is 0.168 e. The Morgan fingerprint density at radius 3 is 2.80 bits per heavy atom. The lowest BCUT2D eigenvalue weighted by Gasteiger charge is -2.13.